The Morgan fingerprint density at radius 1 is 1.08 bits per heavy atom. The summed E-state index contributed by atoms with van der Waals surface area (Å²) in [5, 5.41) is 6.75. The Balaban J connectivity index is 0.00000144. The van der Waals surface area contributed by atoms with Gasteiger partial charge in [-0.3, -0.25) is 9.69 Å². The molecule has 3 fully saturated rings. The van der Waals surface area contributed by atoms with Gasteiger partial charge >= 0.3 is 0 Å². The topological polar surface area (TPSA) is 53.6 Å². The van der Waals surface area contributed by atoms with E-state index in [1.807, 2.05) is 0 Å². The molecule has 2 N–H and O–H groups in total. The first-order valence-corrected chi connectivity index (χ1v) is 9.12. The van der Waals surface area contributed by atoms with Gasteiger partial charge in [0.25, 0.3) is 0 Å². The minimum Gasteiger partial charge on any atom is -0.379 e. The number of nitrogens with one attached hydrogen (secondary N) is 2. The lowest BCUT2D eigenvalue weighted by atomic mass is 9.89. The van der Waals surface area contributed by atoms with Crippen LogP contribution in [0, 0.1) is 5.92 Å². The molecule has 0 aromatic heterocycles. The molecule has 2 bridgehead atoms. The van der Waals surface area contributed by atoms with Gasteiger partial charge in [0.1, 0.15) is 0 Å². The highest BCUT2D eigenvalue weighted by Gasteiger charge is 2.34. The maximum absolute atomic E-state index is 12.1. The van der Waals surface area contributed by atoms with Crippen LogP contribution in [0.5, 0.6) is 0 Å². The maximum Gasteiger partial charge on any atom is 0.220 e. The number of hydrogen-bond donors (Lipinski definition) is 2. The van der Waals surface area contributed by atoms with Gasteiger partial charge < -0.3 is 15.4 Å². The zero-order chi connectivity index (χ0) is 15.2. The number of fused-ring (bicyclic) bond motifs is 2. The molecular formula is C17H33Cl2N3O2. The fourth-order valence-corrected chi connectivity index (χ4v) is 4.19. The molecule has 5 nitrogen and oxygen atoms in total. The van der Waals surface area contributed by atoms with Gasteiger partial charge in [-0.2, -0.15) is 0 Å². The number of hydrogen-bond acceptors (Lipinski definition) is 4. The molecule has 0 aromatic carbocycles. The summed E-state index contributed by atoms with van der Waals surface area (Å²) in [5.41, 5.74) is 0. The lowest BCUT2D eigenvalue weighted by Crippen LogP contribution is -2.40. The third kappa shape index (κ3) is 7.04. The third-order valence-corrected chi connectivity index (χ3v) is 5.37. The molecule has 3 rings (SSSR count). The second-order valence-corrected chi connectivity index (χ2v) is 7.19. The number of halogens is 2. The van der Waals surface area contributed by atoms with Crippen LogP contribution in [0.4, 0.5) is 0 Å². The van der Waals surface area contributed by atoms with Crippen molar-refractivity contribution in [2.45, 2.75) is 57.0 Å². The van der Waals surface area contributed by atoms with Crippen LogP contribution in [0.2, 0.25) is 0 Å². The Labute approximate surface area is 158 Å². The molecule has 0 aromatic rings. The van der Waals surface area contributed by atoms with Crippen LogP contribution in [0.15, 0.2) is 0 Å². The Bertz CT molecular complexity index is 356. The Morgan fingerprint density at radius 3 is 2.42 bits per heavy atom. The van der Waals surface area contributed by atoms with E-state index in [-0.39, 0.29) is 30.7 Å². The summed E-state index contributed by atoms with van der Waals surface area (Å²) in [6.07, 6.45) is 7.99. The van der Waals surface area contributed by atoms with E-state index in [1.54, 1.807) is 0 Å². The minimum atomic E-state index is 0. The van der Waals surface area contributed by atoms with Gasteiger partial charge in [0, 0.05) is 38.1 Å². The molecule has 2 unspecified atom stereocenters. The number of nitrogens with zero attached hydrogens (tertiary/aromatic N) is 1. The van der Waals surface area contributed by atoms with Crippen molar-refractivity contribution in [2.24, 2.45) is 5.92 Å². The van der Waals surface area contributed by atoms with Gasteiger partial charge in [-0.05, 0) is 51.0 Å². The highest BCUT2D eigenvalue weighted by atomic mass is 35.5. The smallest absolute Gasteiger partial charge is 0.220 e. The van der Waals surface area contributed by atoms with Crippen molar-refractivity contribution in [3.8, 4) is 0 Å². The Morgan fingerprint density at radius 2 is 1.75 bits per heavy atom. The van der Waals surface area contributed by atoms with Gasteiger partial charge in [0.05, 0.1) is 13.2 Å². The van der Waals surface area contributed by atoms with E-state index in [4.69, 9.17) is 4.74 Å². The zero-order valence-corrected chi connectivity index (χ0v) is 16.1. The van der Waals surface area contributed by atoms with Gasteiger partial charge in [0.15, 0.2) is 0 Å². The van der Waals surface area contributed by atoms with Gasteiger partial charge in [-0.25, -0.2) is 0 Å². The van der Waals surface area contributed by atoms with Crippen molar-refractivity contribution in [3.63, 3.8) is 0 Å². The molecule has 0 saturated carbocycles. The van der Waals surface area contributed by atoms with Crippen molar-refractivity contribution in [1.29, 1.82) is 0 Å². The number of morpholine rings is 1. The number of unbranched alkanes of at least 4 members (excludes halogenated alkanes) is 1. The second-order valence-electron chi connectivity index (χ2n) is 7.19. The molecule has 2 atom stereocenters. The Kier molecular flexibility index (Phi) is 10.6. The number of carbonyl (C=O) groups excluding carboxylic acids is 1. The van der Waals surface area contributed by atoms with Crippen molar-refractivity contribution < 1.29 is 9.53 Å². The predicted molar refractivity (Wildman–Crippen MR) is 101 cm³/mol. The number of rotatable bonds is 7. The Hall–Kier alpha value is -0.0700. The molecule has 7 heteroatoms. The highest BCUT2D eigenvalue weighted by molar-refractivity contribution is 5.85. The monoisotopic (exact) mass is 381 g/mol. The first-order chi connectivity index (χ1) is 10.8. The first kappa shape index (κ1) is 22.0. The molecule has 3 aliphatic heterocycles. The molecule has 0 aliphatic carbocycles. The summed E-state index contributed by atoms with van der Waals surface area (Å²) in [7, 11) is 0. The third-order valence-electron chi connectivity index (χ3n) is 5.37. The largest absolute Gasteiger partial charge is 0.379 e. The second kappa shape index (κ2) is 11.5. The lowest BCUT2D eigenvalue weighted by Gasteiger charge is -2.28. The molecule has 24 heavy (non-hydrogen) atoms. The molecule has 1 amide bonds. The maximum atomic E-state index is 12.1. The van der Waals surface area contributed by atoms with Crippen molar-refractivity contribution >= 4 is 30.7 Å². The van der Waals surface area contributed by atoms with E-state index in [0.717, 1.165) is 58.7 Å². The summed E-state index contributed by atoms with van der Waals surface area (Å²) >= 11 is 0. The van der Waals surface area contributed by atoms with Crippen LogP contribution < -0.4 is 10.6 Å². The van der Waals surface area contributed by atoms with E-state index in [1.165, 1.54) is 25.7 Å². The number of amides is 1. The SMILES string of the molecule is Cl.Cl.O=C(CC1CC2CCC(C1)N2)NCCCCN1CCOCC1. The van der Waals surface area contributed by atoms with E-state index in [9.17, 15) is 4.79 Å². The summed E-state index contributed by atoms with van der Waals surface area (Å²) < 4.78 is 5.35. The normalized spacial score (nSPS) is 29.4. The molecule has 3 saturated heterocycles. The van der Waals surface area contributed by atoms with E-state index < -0.39 is 0 Å². The number of ether oxygens (including phenoxy) is 1. The van der Waals surface area contributed by atoms with Crippen LogP contribution >= 0.6 is 24.8 Å². The van der Waals surface area contributed by atoms with Crippen molar-refractivity contribution in [2.75, 3.05) is 39.4 Å². The molecule has 3 heterocycles. The fourth-order valence-electron chi connectivity index (χ4n) is 4.19. The highest BCUT2D eigenvalue weighted by Crippen LogP contribution is 2.32. The molecular weight excluding hydrogens is 349 g/mol. The average Bonchev–Trinajstić information content (AvgIpc) is 2.87. The molecule has 0 radical (unpaired) electrons. The van der Waals surface area contributed by atoms with Crippen LogP contribution in [0.25, 0.3) is 0 Å². The van der Waals surface area contributed by atoms with Crippen LogP contribution in [0.1, 0.15) is 44.9 Å². The molecule has 0 spiro atoms. The van der Waals surface area contributed by atoms with E-state index in [2.05, 4.69) is 15.5 Å². The quantitative estimate of drug-likeness (QED) is 0.662. The van der Waals surface area contributed by atoms with Gasteiger partial charge in [0.2, 0.25) is 5.91 Å². The standard InChI is InChI=1S/C17H31N3O2.2ClH/c21-17(13-14-11-15-3-4-16(12-14)19-15)18-5-1-2-6-20-7-9-22-10-8-20;;/h14-16,19H,1-13H2,(H,18,21);2*1H. The van der Waals surface area contributed by atoms with Gasteiger partial charge in [-0.15, -0.1) is 24.8 Å². The average molecular weight is 382 g/mol. The van der Waals surface area contributed by atoms with E-state index in [0.29, 0.717) is 18.0 Å². The summed E-state index contributed by atoms with van der Waals surface area (Å²) in [6, 6.07) is 1.37. The summed E-state index contributed by atoms with van der Waals surface area (Å²) in [5.74, 6) is 0.866. The van der Waals surface area contributed by atoms with Crippen molar-refractivity contribution in [3.05, 3.63) is 0 Å². The number of piperidine rings is 1. The van der Waals surface area contributed by atoms with Crippen LogP contribution in [0.3, 0.4) is 0 Å². The molecule has 3 aliphatic rings. The van der Waals surface area contributed by atoms with E-state index >= 15 is 0 Å². The summed E-state index contributed by atoms with van der Waals surface area (Å²) in [4.78, 5) is 14.5. The molecule has 142 valence electrons. The van der Waals surface area contributed by atoms with Crippen LogP contribution in [-0.4, -0.2) is 62.3 Å². The summed E-state index contributed by atoms with van der Waals surface area (Å²) in [6.45, 7) is 5.83. The number of carbonyl (C=O) groups is 1. The minimum absolute atomic E-state index is 0. The van der Waals surface area contributed by atoms with Crippen LogP contribution in [-0.2, 0) is 9.53 Å². The zero-order valence-electron chi connectivity index (χ0n) is 14.5. The van der Waals surface area contributed by atoms with Crippen molar-refractivity contribution in [1.82, 2.24) is 15.5 Å². The first-order valence-electron chi connectivity index (χ1n) is 9.12. The predicted octanol–water partition coefficient (Wildman–Crippen LogP) is 1.98. The fraction of sp³-hybridized carbons (Fsp3) is 0.941. The van der Waals surface area contributed by atoms with Gasteiger partial charge in [-0.1, -0.05) is 0 Å². The lowest BCUT2D eigenvalue weighted by molar-refractivity contribution is -0.122.